The highest BCUT2D eigenvalue weighted by Crippen LogP contribution is 2.26. The zero-order chi connectivity index (χ0) is 11.5. The molecular formula is C11H18N2O2S. The van der Waals surface area contributed by atoms with Gasteiger partial charge < -0.3 is 14.7 Å². The molecule has 1 aromatic heterocycles. The zero-order valence-corrected chi connectivity index (χ0v) is 10.5. The number of aromatic nitrogens is 1. The number of aliphatic hydroxyl groups is 1. The molecule has 1 N–H and O–H groups in total. The normalized spacial score (nSPS) is 20.1. The van der Waals surface area contributed by atoms with Gasteiger partial charge in [-0.1, -0.05) is 0 Å². The second-order valence-corrected chi connectivity index (χ2v) is 4.99. The van der Waals surface area contributed by atoms with Crippen LogP contribution >= 0.6 is 11.3 Å². The minimum atomic E-state index is -0.471. The molecule has 0 saturated carbocycles. The summed E-state index contributed by atoms with van der Waals surface area (Å²) in [5.74, 6) is 0. The molecule has 2 heterocycles. The summed E-state index contributed by atoms with van der Waals surface area (Å²) in [6, 6.07) is 0. The van der Waals surface area contributed by atoms with Crippen LogP contribution in [0.15, 0.2) is 5.38 Å². The van der Waals surface area contributed by atoms with Crippen LogP contribution in [0.5, 0.6) is 0 Å². The fraction of sp³-hybridized carbons (Fsp3) is 0.727. The third kappa shape index (κ3) is 2.53. The van der Waals surface area contributed by atoms with Crippen LogP contribution in [-0.2, 0) is 4.74 Å². The highest BCUT2D eigenvalue weighted by atomic mass is 32.1. The topological polar surface area (TPSA) is 45.6 Å². The average molecular weight is 242 g/mol. The van der Waals surface area contributed by atoms with Crippen LogP contribution in [0.1, 0.15) is 31.6 Å². The summed E-state index contributed by atoms with van der Waals surface area (Å²) in [6.45, 7) is 3.73. The summed E-state index contributed by atoms with van der Waals surface area (Å²) in [4.78, 5) is 6.71. The first-order valence-corrected chi connectivity index (χ1v) is 6.50. The van der Waals surface area contributed by atoms with Gasteiger partial charge in [0.2, 0.25) is 0 Å². The Bertz CT molecular complexity index is 332. The smallest absolute Gasteiger partial charge is 0.185 e. The molecule has 0 aliphatic carbocycles. The lowest BCUT2D eigenvalue weighted by Crippen LogP contribution is -2.36. The number of hydrogen-bond donors (Lipinski definition) is 1. The van der Waals surface area contributed by atoms with Crippen molar-refractivity contribution in [2.24, 2.45) is 0 Å². The second kappa shape index (κ2) is 5.12. The van der Waals surface area contributed by atoms with Gasteiger partial charge in [0.05, 0.1) is 17.9 Å². The average Bonchev–Trinajstić information content (AvgIpc) is 2.78. The van der Waals surface area contributed by atoms with Crippen molar-refractivity contribution in [3.63, 3.8) is 0 Å². The maximum atomic E-state index is 9.42. The molecule has 1 aromatic rings. The van der Waals surface area contributed by atoms with Gasteiger partial charge in [0, 0.05) is 25.6 Å². The molecule has 0 bridgehead atoms. The van der Waals surface area contributed by atoms with Crippen LogP contribution in [-0.4, -0.2) is 36.4 Å². The summed E-state index contributed by atoms with van der Waals surface area (Å²) in [5.41, 5.74) is 0.772. The van der Waals surface area contributed by atoms with Gasteiger partial charge in [-0.25, -0.2) is 4.98 Å². The van der Waals surface area contributed by atoms with Crippen molar-refractivity contribution >= 4 is 16.5 Å². The lowest BCUT2D eigenvalue weighted by molar-refractivity contribution is 0.0819. The van der Waals surface area contributed by atoms with Gasteiger partial charge in [0.25, 0.3) is 0 Å². The summed E-state index contributed by atoms with van der Waals surface area (Å²) < 4.78 is 5.34. The van der Waals surface area contributed by atoms with Crippen molar-refractivity contribution in [2.75, 3.05) is 25.1 Å². The van der Waals surface area contributed by atoms with Gasteiger partial charge >= 0.3 is 0 Å². The third-order valence-corrected chi connectivity index (χ3v) is 3.90. The number of nitrogens with zero attached hydrogens (tertiary/aromatic N) is 2. The highest BCUT2D eigenvalue weighted by molar-refractivity contribution is 7.13. The molecule has 1 saturated heterocycles. The van der Waals surface area contributed by atoms with Crippen LogP contribution in [0.3, 0.4) is 0 Å². The van der Waals surface area contributed by atoms with Crippen molar-refractivity contribution in [2.45, 2.75) is 32.0 Å². The van der Waals surface area contributed by atoms with Gasteiger partial charge in [0.1, 0.15) is 0 Å². The first-order valence-electron chi connectivity index (χ1n) is 5.62. The van der Waals surface area contributed by atoms with Crippen molar-refractivity contribution in [1.82, 2.24) is 4.98 Å². The summed E-state index contributed by atoms with van der Waals surface area (Å²) >= 11 is 1.61. The molecule has 16 heavy (non-hydrogen) atoms. The molecule has 5 heteroatoms. The number of ether oxygens (including phenoxy) is 1. The predicted octanol–water partition coefficient (Wildman–Crippen LogP) is 1.81. The highest BCUT2D eigenvalue weighted by Gasteiger charge is 2.21. The first kappa shape index (κ1) is 11.8. The van der Waals surface area contributed by atoms with Gasteiger partial charge in [-0.3, -0.25) is 0 Å². The van der Waals surface area contributed by atoms with Gasteiger partial charge in [0.15, 0.2) is 5.13 Å². The van der Waals surface area contributed by atoms with Crippen LogP contribution < -0.4 is 4.90 Å². The molecule has 1 aliphatic rings. The van der Waals surface area contributed by atoms with Gasteiger partial charge in [-0.05, 0) is 19.8 Å². The molecule has 1 unspecified atom stereocenters. The van der Waals surface area contributed by atoms with E-state index in [-0.39, 0.29) is 0 Å². The fourth-order valence-corrected chi connectivity index (χ4v) is 2.86. The van der Waals surface area contributed by atoms with E-state index in [2.05, 4.69) is 9.88 Å². The zero-order valence-electron chi connectivity index (χ0n) is 9.72. The molecule has 0 radical (unpaired) electrons. The van der Waals surface area contributed by atoms with Crippen LogP contribution in [0.25, 0.3) is 0 Å². The summed E-state index contributed by atoms with van der Waals surface area (Å²) in [6.07, 6.45) is 2.04. The van der Waals surface area contributed by atoms with E-state index in [0.717, 1.165) is 36.8 Å². The number of hydrogen-bond acceptors (Lipinski definition) is 5. The molecule has 2 rings (SSSR count). The standard InChI is InChI=1S/C11H18N2O2S/c1-8(14)10-7-16-11(12-10)13-5-3-9(15-2)4-6-13/h7-9,14H,3-6H2,1-2H3. The molecule has 1 fully saturated rings. The maximum Gasteiger partial charge on any atom is 0.185 e. The number of aliphatic hydroxyl groups excluding tert-OH is 1. The monoisotopic (exact) mass is 242 g/mol. The number of rotatable bonds is 3. The maximum absolute atomic E-state index is 9.42. The number of piperidine rings is 1. The first-order chi connectivity index (χ1) is 7.70. The van der Waals surface area contributed by atoms with E-state index < -0.39 is 6.10 Å². The fourth-order valence-electron chi connectivity index (χ4n) is 1.90. The molecule has 0 aromatic carbocycles. The number of thiazole rings is 1. The largest absolute Gasteiger partial charge is 0.387 e. The van der Waals surface area contributed by atoms with Crippen LogP contribution in [0.4, 0.5) is 5.13 Å². The van der Waals surface area contributed by atoms with E-state index in [9.17, 15) is 5.11 Å². The van der Waals surface area contributed by atoms with E-state index >= 15 is 0 Å². The Hall–Kier alpha value is -0.650. The van der Waals surface area contributed by atoms with Gasteiger partial charge in [-0.2, -0.15) is 0 Å². The second-order valence-electron chi connectivity index (χ2n) is 4.15. The predicted molar refractivity (Wildman–Crippen MR) is 65.0 cm³/mol. The van der Waals surface area contributed by atoms with Crippen LogP contribution in [0, 0.1) is 0 Å². The van der Waals surface area contributed by atoms with E-state index in [0.29, 0.717) is 6.10 Å². The summed E-state index contributed by atoms with van der Waals surface area (Å²) in [5, 5.41) is 12.4. The molecule has 1 aliphatic heterocycles. The number of anilines is 1. The van der Waals surface area contributed by atoms with E-state index in [1.807, 2.05) is 5.38 Å². The Morgan fingerprint density at radius 2 is 2.25 bits per heavy atom. The minimum absolute atomic E-state index is 0.396. The quantitative estimate of drug-likeness (QED) is 0.878. The third-order valence-electron chi connectivity index (χ3n) is 2.98. The molecule has 90 valence electrons. The Morgan fingerprint density at radius 1 is 1.56 bits per heavy atom. The van der Waals surface area contributed by atoms with E-state index in [1.165, 1.54) is 0 Å². The Kier molecular flexibility index (Phi) is 3.78. The van der Waals surface area contributed by atoms with E-state index in [4.69, 9.17) is 4.74 Å². The van der Waals surface area contributed by atoms with Crippen molar-refractivity contribution in [3.8, 4) is 0 Å². The van der Waals surface area contributed by atoms with E-state index in [1.54, 1.807) is 25.4 Å². The molecule has 0 amide bonds. The summed E-state index contributed by atoms with van der Waals surface area (Å²) in [7, 11) is 1.77. The minimum Gasteiger partial charge on any atom is -0.387 e. The molecular weight excluding hydrogens is 224 g/mol. The number of methoxy groups -OCH3 is 1. The van der Waals surface area contributed by atoms with Crippen molar-refractivity contribution in [1.29, 1.82) is 0 Å². The molecule has 4 nitrogen and oxygen atoms in total. The molecule has 0 spiro atoms. The van der Waals surface area contributed by atoms with Crippen LogP contribution in [0.2, 0.25) is 0 Å². The van der Waals surface area contributed by atoms with Crippen molar-refractivity contribution < 1.29 is 9.84 Å². The van der Waals surface area contributed by atoms with Gasteiger partial charge in [-0.15, -0.1) is 11.3 Å². The Labute approximate surface area is 99.9 Å². The Balaban J connectivity index is 1.97. The Morgan fingerprint density at radius 3 is 2.75 bits per heavy atom. The SMILES string of the molecule is COC1CCN(c2nc(C(C)O)cs2)CC1. The lowest BCUT2D eigenvalue weighted by Gasteiger charge is -2.30. The lowest BCUT2D eigenvalue weighted by atomic mass is 10.1. The molecule has 1 atom stereocenters. The van der Waals surface area contributed by atoms with Crippen molar-refractivity contribution in [3.05, 3.63) is 11.1 Å².